The summed E-state index contributed by atoms with van der Waals surface area (Å²) in [7, 11) is 0. The predicted molar refractivity (Wildman–Crippen MR) is 84.7 cm³/mol. The van der Waals surface area contributed by atoms with Crippen LogP contribution in [0.1, 0.15) is 56.3 Å². The second-order valence-corrected chi connectivity index (χ2v) is 6.74. The largest absolute Gasteiger partial charge is 0.487 e. The molecule has 2 atom stereocenters. The molecule has 3 heteroatoms. The average Bonchev–Trinajstić information content (AvgIpc) is 2.64. The van der Waals surface area contributed by atoms with Crippen molar-refractivity contribution in [2.75, 3.05) is 19.6 Å². The van der Waals surface area contributed by atoms with Crippen LogP contribution in [-0.2, 0) is 0 Å². The molecule has 0 aromatic heterocycles. The van der Waals surface area contributed by atoms with Gasteiger partial charge in [0.2, 0.25) is 0 Å². The fourth-order valence-corrected chi connectivity index (χ4v) is 3.83. The summed E-state index contributed by atoms with van der Waals surface area (Å²) in [6.45, 7) is 7.72. The highest BCUT2D eigenvalue weighted by Crippen LogP contribution is 2.44. The molecule has 0 saturated carbocycles. The minimum atomic E-state index is -0.383. The van der Waals surface area contributed by atoms with Gasteiger partial charge in [-0.3, -0.25) is 0 Å². The average molecular weight is 289 g/mol. The van der Waals surface area contributed by atoms with Gasteiger partial charge in [0.1, 0.15) is 11.4 Å². The number of ether oxygens (including phenoxy) is 1. The first kappa shape index (κ1) is 14.9. The number of hydrogen-bond acceptors (Lipinski definition) is 3. The Morgan fingerprint density at radius 1 is 1.33 bits per heavy atom. The number of aliphatic hydroxyl groups excluding tert-OH is 1. The molecule has 2 aliphatic heterocycles. The van der Waals surface area contributed by atoms with Crippen molar-refractivity contribution in [3.05, 3.63) is 29.3 Å². The molecule has 2 aliphatic rings. The van der Waals surface area contributed by atoms with Crippen molar-refractivity contribution in [2.24, 2.45) is 0 Å². The summed E-state index contributed by atoms with van der Waals surface area (Å²) >= 11 is 0. The van der Waals surface area contributed by atoms with Crippen molar-refractivity contribution in [2.45, 2.75) is 57.7 Å². The molecule has 1 unspecified atom stereocenters. The lowest BCUT2D eigenvalue weighted by Crippen LogP contribution is -2.42. The number of likely N-dealkylation sites (tertiary alicyclic amines) is 1. The van der Waals surface area contributed by atoms with Gasteiger partial charge in [-0.05, 0) is 57.8 Å². The molecule has 21 heavy (non-hydrogen) atoms. The third-order valence-electron chi connectivity index (χ3n) is 4.95. The molecule has 0 bridgehead atoms. The van der Waals surface area contributed by atoms with Gasteiger partial charge in [-0.25, -0.2) is 0 Å². The van der Waals surface area contributed by atoms with E-state index in [2.05, 4.69) is 30.9 Å². The molecule has 1 aromatic rings. The van der Waals surface area contributed by atoms with Crippen molar-refractivity contribution < 1.29 is 9.84 Å². The van der Waals surface area contributed by atoms with Gasteiger partial charge in [0.25, 0.3) is 0 Å². The van der Waals surface area contributed by atoms with Crippen LogP contribution in [0.4, 0.5) is 0 Å². The molecule has 0 aliphatic carbocycles. The zero-order chi connectivity index (χ0) is 14.9. The third-order valence-corrected chi connectivity index (χ3v) is 4.95. The summed E-state index contributed by atoms with van der Waals surface area (Å²) in [5, 5.41) is 10.6. The molecule has 116 valence electrons. The number of fused-ring (bicyclic) bond motifs is 1. The van der Waals surface area contributed by atoms with Crippen molar-refractivity contribution >= 4 is 0 Å². The Morgan fingerprint density at radius 2 is 2.19 bits per heavy atom. The summed E-state index contributed by atoms with van der Waals surface area (Å²) in [4.78, 5) is 2.54. The SMILES string of the molecule is CCCN1CCCC2(CC1)C[C@@H](O)c1cc(C)ccc1O2. The van der Waals surface area contributed by atoms with Gasteiger partial charge in [-0.15, -0.1) is 0 Å². The number of aliphatic hydroxyl groups is 1. The van der Waals surface area contributed by atoms with E-state index in [4.69, 9.17) is 4.74 Å². The predicted octanol–water partition coefficient (Wildman–Crippen LogP) is 3.45. The minimum absolute atomic E-state index is 0.163. The van der Waals surface area contributed by atoms with Crippen LogP contribution in [0.2, 0.25) is 0 Å². The standard InChI is InChI=1S/C18H27NO2/c1-3-9-19-10-4-7-18(8-11-19)13-16(20)15-12-14(2)5-6-17(15)21-18/h5-6,12,16,20H,3-4,7-11,13H2,1-2H3/t16-,18?/m1/s1. The molecule has 2 heterocycles. The van der Waals surface area contributed by atoms with Gasteiger partial charge in [0.15, 0.2) is 0 Å². The zero-order valence-electron chi connectivity index (χ0n) is 13.3. The number of benzene rings is 1. The second-order valence-electron chi connectivity index (χ2n) is 6.74. The fourth-order valence-electron chi connectivity index (χ4n) is 3.83. The molecule has 1 fully saturated rings. The van der Waals surface area contributed by atoms with Crippen LogP contribution >= 0.6 is 0 Å². The molecule has 1 saturated heterocycles. The molecule has 1 spiro atoms. The normalized spacial score (nSPS) is 29.8. The minimum Gasteiger partial charge on any atom is -0.487 e. The van der Waals surface area contributed by atoms with Crippen LogP contribution in [-0.4, -0.2) is 35.2 Å². The van der Waals surface area contributed by atoms with E-state index in [0.29, 0.717) is 0 Å². The van der Waals surface area contributed by atoms with Gasteiger partial charge in [0, 0.05) is 18.5 Å². The Bertz CT molecular complexity index is 502. The monoisotopic (exact) mass is 289 g/mol. The Morgan fingerprint density at radius 3 is 3.00 bits per heavy atom. The molecule has 0 radical (unpaired) electrons. The maximum Gasteiger partial charge on any atom is 0.125 e. The fraction of sp³-hybridized carbons (Fsp3) is 0.667. The summed E-state index contributed by atoms with van der Waals surface area (Å²) in [5.41, 5.74) is 1.99. The second kappa shape index (κ2) is 5.98. The quantitative estimate of drug-likeness (QED) is 0.905. The number of hydrogen-bond donors (Lipinski definition) is 1. The van der Waals surface area contributed by atoms with Gasteiger partial charge >= 0.3 is 0 Å². The van der Waals surface area contributed by atoms with Crippen LogP contribution in [0, 0.1) is 6.92 Å². The first-order chi connectivity index (χ1) is 10.1. The zero-order valence-corrected chi connectivity index (χ0v) is 13.3. The molecular formula is C18H27NO2. The maximum atomic E-state index is 10.6. The molecule has 1 N–H and O–H groups in total. The van der Waals surface area contributed by atoms with E-state index >= 15 is 0 Å². The Labute approximate surface area is 127 Å². The molecule has 3 nitrogen and oxygen atoms in total. The lowest BCUT2D eigenvalue weighted by atomic mass is 9.83. The van der Waals surface area contributed by atoms with Crippen molar-refractivity contribution in [1.82, 2.24) is 4.90 Å². The highest BCUT2D eigenvalue weighted by Gasteiger charge is 2.41. The van der Waals surface area contributed by atoms with E-state index in [1.165, 1.54) is 18.5 Å². The lowest BCUT2D eigenvalue weighted by molar-refractivity contribution is -0.0239. The number of aryl methyl sites for hydroxylation is 1. The summed E-state index contributed by atoms with van der Waals surface area (Å²) in [6.07, 6.45) is 4.80. The van der Waals surface area contributed by atoms with Crippen LogP contribution in [0.25, 0.3) is 0 Å². The van der Waals surface area contributed by atoms with E-state index in [9.17, 15) is 5.11 Å². The maximum absolute atomic E-state index is 10.6. The lowest BCUT2D eigenvalue weighted by Gasteiger charge is -2.40. The van der Waals surface area contributed by atoms with E-state index < -0.39 is 0 Å². The Kier molecular flexibility index (Phi) is 4.23. The summed E-state index contributed by atoms with van der Waals surface area (Å²) in [6, 6.07) is 6.17. The summed E-state index contributed by atoms with van der Waals surface area (Å²) < 4.78 is 6.41. The van der Waals surface area contributed by atoms with Crippen LogP contribution in [0.3, 0.4) is 0 Å². The first-order valence-corrected chi connectivity index (χ1v) is 8.32. The number of rotatable bonds is 2. The van der Waals surface area contributed by atoms with Gasteiger partial charge in [-0.1, -0.05) is 18.6 Å². The first-order valence-electron chi connectivity index (χ1n) is 8.32. The molecule has 0 amide bonds. The van der Waals surface area contributed by atoms with Crippen molar-refractivity contribution in [1.29, 1.82) is 0 Å². The highest BCUT2D eigenvalue weighted by atomic mass is 16.5. The van der Waals surface area contributed by atoms with Crippen LogP contribution < -0.4 is 4.74 Å². The Balaban J connectivity index is 1.79. The van der Waals surface area contributed by atoms with Crippen molar-refractivity contribution in [3.8, 4) is 5.75 Å². The van der Waals surface area contributed by atoms with E-state index in [1.54, 1.807) is 0 Å². The van der Waals surface area contributed by atoms with E-state index in [1.807, 2.05) is 6.07 Å². The molecule has 1 aromatic carbocycles. The smallest absolute Gasteiger partial charge is 0.125 e. The molecular weight excluding hydrogens is 262 g/mol. The van der Waals surface area contributed by atoms with Gasteiger partial charge < -0.3 is 14.7 Å². The van der Waals surface area contributed by atoms with Crippen LogP contribution in [0.15, 0.2) is 18.2 Å². The highest BCUT2D eigenvalue weighted by molar-refractivity contribution is 5.41. The topological polar surface area (TPSA) is 32.7 Å². The summed E-state index contributed by atoms with van der Waals surface area (Å²) in [5.74, 6) is 0.892. The molecule has 3 rings (SSSR count). The van der Waals surface area contributed by atoms with Gasteiger partial charge in [0.05, 0.1) is 6.10 Å². The third kappa shape index (κ3) is 3.09. The number of nitrogens with zero attached hydrogens (tertiary/aromatic N) is 1. The Hall–Kier alpha value is -1.06. The van der Waals surface area contributed by atoms with Gasteiger partial charge in [-0.2, -0.15) is 0 Å². The van der Waals surface area contributed by atoms with Crippen molar-refractivity contribution in [3.63, 3.8) is 0 Å². The van der Waals surface area contributed by atoms with E-state index in [-0.39, 0.29) is 11.7 Å². The van der Waals surface area contributed by atoms with Crippen LogP contribution in [0.5, 0.6) is 5.75 Å². The van der Waals surface area contributed by atoms with E-state index in [0.717, 1.165) is 50.1 Å².